The third kappa shape index (κ3) is 4.19. The number of fused-ring (bicyclic) bond motifs is 2. The Kier molecular flexibility index (Phi) is 5.71. The summed E-state index contributed by atoms with van der Waals surface area (Å²) < 4.78 is 52.7. The highest BCUT2D eigenvalue weighted by molar-refractivity contribution is 7.66. The minimum Gasteiger partial charge on any atom is -0.387 e. The van der Waals surface area contributed by atoms with Crippen LogP contribution in [0.25, 0.3) is 11.2 Å². The molecule has 0 spiro atoms. The third-order valence-corrected chi connectivity index (χ3v) is 8.61. The molecule has 1 aliphatic carbocycles. The average molecular weight is 531 g/mol. The molecule has 2 aromatic heterocycles. The predicted octanol–water partition coefficient (Wildman–Crippen LogP) is -1.53. The van der Waals surface area contributed by atoms with Crippen LogP contribution in [0, 0.1) is 0 Å². The van der Waals surface area contributed by atoms with E-state index in [0.29, 0.717) is 0 Å². The molecule has 0 aromatic carbocycles. The van der Waals surface area contributed by atoms with E-state index in [2.05, 4.69) is 28.1 Å². The molecule has 4 rings (SSSR count). The van der Waals surface area contributed by atoms with Crippen molar-refractivity contribution in [3.63, 3.8) is 0 Å². The third-order valence-electron chi connectivity index (χ3n) is 4.81. The Morgan fingerprint density at radius 2 is 1.79 bits per heavy atom. The molecule has 0 bridgehead atoms. The molecule has 0 radical (unpaired) electrons. The maximum absolute atomic E-state index is 11.9. The number of phosphoric ester groups is 1. The van der Waals surface area contributed by atoms with E-state index in [-0.39, 0.29) is 17.0 Å². The standard InChI is InChI=1S/C12H16N5O13P3/c13-9-7-10(15-4-14-9)17(5-16-7)12-2-1-11(12,19)8(18)6(28-12)3-27-32(23,24)30-33(25,26)29-31(20,21)22/h1-2,4-6,8,18-19H,3H2,(H,23,24)(H,25,26)(H2,13,14,15)(H2,20,21,22)/t6-,8-,11-,12-/m1/s1. The van der Waals surface area contributed by atoms with Gasteiger partial charge in [0.05, 0.1) is 12.9 Å². The lowest BCUT2D eigenvalue weighted by molar-refractivity contribution is -0.158. The molecule has 3 heterocycles. The molecule has 2 unspecified atom stereocenters. The molecule has 33 heavy (non-hydrogen) atoms. The van der Waals surface area contributed by atoms with E-state index >= 15 is 0 Å². The predicted molar refractivity (Wildman–Crippen MR) is 102 cm³/mol. The van der Waals surface area contributed by atoms with Crippen molar-refractivity contribution in [3.05, 3.63) is 24.8 Å². The number of ether oxygens (including phenoxy) is 1. The van der Waals surface area contributed by atoms with Crippen LogP contribution in [0.3, 0.4) is 0 Å². The van der Waals surface area contributed by atoms with Gasteiger partial charge in [0.1, 0.15) is 24.1 Å². The molecule has 0 saturated carbocycles. The molecule has 0 amide bonds. The number of imidazole rings is 1. The molecule has 1 fully saturated rings. The molecule has 8 N–H and O–H groups in total. The number of anilines is 1. The van der Waals surface area contributed by atoms with Crippen LogP contribution >= 0.6 is 23.5 Å². The molecule has 1 saturated heterocycles. The van der Waals surface area contributed by atoms with E-state index in [1.54, 1.807) is 0 Å². The van der Waals surface area contributed by atoms with E-state index in [0.717, 1.165) is 6.33 Å². The molecule has 2 aromatic rings. The number of phosphoric acid groups is 3. The van der Waals surface area contributed by atoms with Crippen LogP contribution in [0.4, 0.5) is 5.82 Å². The first-order chi connectivity index (χ1) is 15.1. The number of nitrogens with two attached hydrogens (primary N) is 1. The molecular formula is C12H16N5O13P3. The summed E-state index contributed by atoms with van der Waals surface area (Å²) in [6.45, 7) is -0.986. The van der Waals surface area contributed by atoms with Crippen molar-refractivity contribution in [2.75, 3.05) is 12.3 Å². The van der Waals surface area contributed by atoms with Gasteiger partial charge in [-0.3, -0.25) is 9.09 Å². The second-order valence-corrected chi connectivity index (χ2v) is 11.3. The minimum atomic E-state index is -5.73. The lowest BCUT2D eigenvalue weighted by Gasteiger charge is -2.45. The van der Waals surface area contributed by atoms with Gasteiger partial charge in [-0.25, -0.2) is 28.6 Å². The Labute approximate surface area is 182 Å². The first kappa shape index (κ1) is 24.5. The van der Waals surface area contributed by atoms with E-state index < -0.39 is 53.6 Å². The lowest BCUT2D eigenvalue weighted by Crippen LogP contribution is -2.60. The van der Waals surface area contributed by atoms with Gasteiger partial charge in [-0.15, -0.1) is 0 Å². The van der Waals surface area contributed by atoms with Crippen molar-refractivity contribution in [2.24, 2.45) is 0 Å². The zero-order valence-electron chi connectivity index (χ0n) is 15.9. The minimum absolute atomic E-state index is 0.0322. The fourth-order valence-electron chi connectivity index (χ4n) is 3.44. The van der Waals surface area contributed by atoms with Crippen molar-refractivity contribution >= 4 is 40.4 Å². The van der Waals surface area contributed by atoms with Crippen LogP contribution in [-0.2, 0) is 37.3 Å². The van der Waals surface area contributed by atoms with E-state index in [9.17, 15) is 33.7 Å². The van der Waals surface area contributed by atoms with Crippen LogP contribution in [0.5, 0.6) is 0 Å². The molecule has 182 valence electrons. The Morgan fingerprint density at radius 3 is 2.39 bits per heavy atom. The first-order valence-electron chi connectivity index (χ1n) is 8.60. The zero-order chi connectivity index (χ0) is 24.4. The van der Waals surface area contributed by atoms with Crippen LogP contribution < -0.4 is 5.73 Å². The van der Waals surface area contributed by atoms with Gasteiger partial charge in [-0.05, 0) is 12.2 Å². The van der Waals surface area contributed by atoms with E-state index in [4.69, 9.17) is 20.3 Å². The summed E-state index contributed by atoms with van der Waals surface area (Å²) in [4.78, 5) is 47.8. The number of nitrogens with zero attached hydrogens (tertiary/aromatic N) is 4. The normalized spacial score (nSPS) is 32.8. The van der Waals surface area contributed by atoms with Crippen molar-refractivity contribution < 1.29 is 61.4 Å². The van der Waals surface area contributed by atoms with Gasteiger partial charge >= 0.3 is 23.5 Å². The number of aliphatic hydroxyl groups is 2. The van der Waals surface area contributed by atoms with Gasteiger partial charge < -0.3 is 40.3 Å². The number of rotatable bonds is 8. The monoisotopic (exact) mass is 531 g/mol. The second-order valence-electron chi connectivity index (χ2n) is 6.89. The number of hydrogen-bond donors (Lipinski definition) is 7. The topological polar surface area (TPSA) is 279 Å². The summed E-state index contributed by atoms with van der Waals surface area (Å²) in [5.41, 5.74) is 2.18. The largest absolute Gasteiger partial charge is 0.490 e. The Morgan fingerprint density at radius 1 is 1.09 bits per heavy atom. The Hall–Kier alpha value is -1.62. The fraction of sp³-hybridized carbons (Fsp3) is 0.417. The maximum Gasteiger partial charge on any atom is 0.490 e. The van der Waals surface area contributed by atoms with Crippen molar-refractivity contribution in [2.45, 2.75) is 23.5 Å². The smallest absolute Gasteiger partial charge is 0.387 e. The summed E-state index contributed by atoms with van der Waals surface area (Å²) >= 11 is 0. The first-order valence-corrected chi connectivity index (χ1v) is 13.1. The summed E-state index contributed by atoms with van der Waals surface area (Å²) in [5.74, 6) is 0.0322. The highest BCUT2D eigenvalue weighted by atomic mass is 31.3. The van der Waals surface area contributed by atoms with Crippen molar-refractivity contribution in [1.29, 1.82) is 0 Å². The van der Waals surface area contributed by atoms with Gasteiger partial charge in [0, 0.05) is 0 Å². The van der Waals surface area contributed by atoms with Gasteiger partial charge in [0.25, 0.3) is 0 Å². The molecular weight excluding hydrogens is 515 g/mol. The summed E-state index contributed by atoms with van der Waals surface area (Å²) in [6.07, 6.45) is 1.60. The van der Waals surface area contributed by atoms with Gasteiger partial charge in [0.15, 0.2) is 17.1 Å². The van der Waals surface area contributed by atoms with Crippen LogP contribution in [-0.4, -0.2) is 73.7 Å². The molecule has 2 aliphatic rings. The zero-order valence-corrected chi connectivity index (χ0v) is 18.6. The second kappa shape index (κ2) is 7.69. The fourth-order valence-corrected chi connectivity index (χ4v) is 6.47. The van der Waals surface area contributed by atoms with Gasteiger partial charge in [-0.2, -0.15) is 8.62 Å². The maximum atomic E-state index is 11.9. The molecule has 18 nitrogen and oxygen atoms in total. The number of aromatic nitrogens is 4. The summed E-state index contributed by atoms with van der Waals surface area (Å²) in [5, 5.41) is 21.6. The van der Waals surface area contributed by atoms with Gasteiger partial charge in [-0.1, -0.05) is 0 Å². The summed E-state index contributed by atoms with van der Waals surface area (Å²) in [6, 6.07) is 0. The Bertz CT molecular complexity index is 1280. The number of aliphatic hydroxyl groups excluding tert-OH is 1. The van der Waals surface area contributed by atoms with Crippen LogP contribution in [0.1, 0.15) is 0 Å². The van der Waals surface area contributed by atoms with E-state index in [1.165, 1.54) is 23.0 Å². The molecule has 1 aliphatic heterocycles. The number of nitrogen functional groups attached to an aromatic ring is 1. The quantitative estimate of drug-likeness (QED) is 0.150. The molecule has 6 atom stereocenters. The Balaban J connectivity index is 1.54. The lowest BCUT2D eigenvalue weighted by atomic mass is 9.76. The average Bonchev–Trinajstić information content (AvgIpc) is 3.13. The highest BCUT2D eigenvalue weighted by Crippen LogP contribution is 2.66. The molecule has 21 heteroatoms. The van der Waals surface area contributed by atoms with Crippen molar-refractivity contribution in [1.82, 2.24) is 19.5 Å². The van der Waals surface area contributed by atoms with Crippen LogP contribution in [0.15, 0.2) is 24.8 Å². The highest BCUT2D eigenvalue weighted by Gasteiger charge is 2.69. The summed E-state index contributed by atoms with van der Waals surface area (Å²) in [7, 11) is -16.8. The SMILES string of the molecule is Nc1ncnc2c1ncn2[C@@]12C=C[C@@]1(O)[C@H](O)[C@@H](COP(=O)(O)OP(=O)(O)OP(=O)(O)O)O2. The van der Waals surface area contributed by atoms with Crippen LogP contribution in [0.2, 0.25) is 0 Å². The van der Waals surface area contributed by atoms with Gasteiger partial charge in [0.2, 0.25) is 5.72 Å². The van der Waals surface area contributed by atoms with Crippen molar-refractivity contribution in [3.8, 4) is 0 Å². The van der Waals surface area contributed by atoms with E-state index in [1.807, 2.05) is 0 Å². The number of hydrogen-bond acceptors (Lipinski definition) is 13.